The third kappa shape index (κ3) is 21.9. The highest BCUT2D eigenvalue weighted by atomic mass is 35.5. The molecule has 4 saturated carbocycles. The lowest BCUT2D eigenvalue weighted by atomic mass is 9.90. The summed E-state index contributed by atoms with van der Waals surface area (Å²) in [6.07, 6.45) is 24.6. The maximum Gasteiger partial charge on any atom is 0.261 e. The molecule has 6 aromatic carbocycles. The number of hydrogen-bond acceptors (Lipinski definition) is 24. The van der Waals surface area contributed by atoms with Crippen LogP contribution in [-0.4, -0.2) is 140 Å². The van der Waals surface area contributed by atoms with Crippen molar-refractivity contribution in [3.63, 3.8) is 0 Å². The number of aryl methyl sites for hydroxylation is 4. The van der Waals surface area contributed by atoms with E-state index in [0.717, 1.165) is 134 Å². The minimum absolute atomic E-state index is 0.0609. The van der Waals surface area contributed by atoms with Crippen LogP contribution in [0.15, 0.2) is 220 Å². The molecule has 24 rings (SSSR count). The number of anilines is 9. The molecule has 16 aromatic rings. The van der Waals surface area contributed by atoms with Crippen LogP contribution >= 0.6 is 34.8 Å². The summed E-state index contributed by atoms with van der Waals surface area (Å²) in [5.74, 6) is 4.23. The molecule has 0 amide bonds. The van der Waals surface area contributed by atoms with Crippen molar-refractivity contribution >= 4 is 131 Å². The van der Waals surface area contributed by atoms with Gasteiger partial charge in [0.2, 0.25) is 23.8 Å². The van der Waals surface area contributed by atoms with Crippen LogP contribution in [-0.2, 0) is 30.9 Å². The van der Waals surface area contributed by atoms with E-state index in [-0.39, 0.29) is 40.0 Å². The fourth-order valence-corrected chi connectivity index (χ4v) is 20.8. The third-order valence-electron chi connectivity index (χ3n) is 28.6. The molecule has 145 heavy (non-hydrogen) atoms. The van der Waals surface area contributed by atoms with Gasteiger partial charge in [-0.05, 0) is 302 Å². The second kappa shape index (κ2) is 43.3. The van der Waals surface area contributed by atoms with Crippen molar-refractivity contribution in [2.45, 2.75) is 173 Å². The SMILES string of the molecule is CCn1c(=O)c(-c2ccc(C3CC3)cc2Cl)cc2cnc(Nc3ccc(N4CCNCC4)c(F)c3)nc21.CCn1c(=O)c(-c2ccc(C3CC3)cc2F)cc2cnc(Nc3ccc(C4CCCNC4)cc3)nc21.CCn1c(=O)c(-c2ncc(C3CC3)cc2Cl)cc2cnc(Nc3ccc(C4CCNCC4)cc3)nc21.CCn1c(=O)c(-c2ncc(C3CC3)cc2Cl)cc2cnc(Nc3ccc(C4CNCCO4)cc3)nc21. The second-order valence-electron chi connectivity index (χ2n) is 38.5. The van der Waals surface area contributed by atoms with Crippen LogP contribution in [0, 0.1) is 11.6 Å². The van der Waals surface area contributed by atoms with Crippen LogP contribution in [0.5, 0.6) is 0 Å². The van der Waals surface area contributed by atoms with Gasteiger partial charge in [-0.2, -0.15) is 19.9 Å². The van der Waals surface area contributed by atoms with Gasteiger partial charge in [-0.25, -0.2) is 28.7 Å². The normalized spacial score (nSPS) is 17.0. The summed E-state index contributed by atoms with van der Waals surface area (Å²) in [4.78, 5) is 101. The number of nitrogens with zero attached hydrogens (tertiary/aromatic N) is 15. The maximum absolute atomic E-state index is 15.0. The molecule has 4 aliphatic carbocycles. The molecule has 10 aromatic heterocycles. The first kappa shape index (κ1) is 97.4. The highest BCUT2D eigenvalue weighted by Crippen LogP contribution is 2.47. The number of pyridine rings is 6. The summed E-state index contributed by atoms with van der Waals surface area (Å²) in [6.45, 7) is 19.3. The molecule has 8 fully saturated rings. The van der Waals surface area contributed by atoms with Crippen molar-refractivity contribution in [3.05, 3.63) is 308 Å². The second-order valence-corrected chi connectivity index (χ2v) is 39.7. The number of fused-ring (bicyclic) bond motifs is 4. The van der Waals surface area contributed by atoms with E-state index >= 15 is 4.39 Å². The standard InChI is InChI=1S/C29H30FN5O.C28H28ClFN6O.C28H29ClN6O.C27H27ClN6O2/c1-2-35-27-22(14-25(28(35)36)24-12-9-20(15-26(24)30)18-5-6-18)17-32-29(34-27)33-23-10-7-19(8-11-23)21-4-3-13-31-16-21;1-2-36-26-19(13-22(27(36)37)21-7-5-18(14-23(21)29)17-3-4-17)16-32-28(34-26)33-20-6-8-25(24(30)15-20)35-11-9-31-10-12-35;1-2-35-26-21(13-23(27(35)36)25-24(29)14-20(15-31-25)18-3-4-18)16-32-28(34-26)33-22-7-5-17(6-8-22)19-9-11-30-12-10-19;1-2-34-25-19(11-21(26(34)35)24-22(28)12-18(13-30-24)16-3-4-16)14-31-27(33-25)32-20-7-5-17(6-8-20)23-15-29-9-10-36-23/h7-12,14-15,17-18,21,31H,2-6,13,16H2,1H3,(H,32,33,34);5-8,13-17,31H,2-4,9-12H2,1H3,(H,32,33,34);5-8,13-16,18-19,30H,2-4,9-12H2,1H3,(H,32,33,34);5-8,11-14,16,23,29H,2-4,9-10,15H2,1H3,(H,31,32,33). The summed E-state index contributed by atoms with van der Waals surface area (Å²) >= 11 is 19.8. The Morgan fingerprint density at radius 2 is 0.710 bits per heavy atom. The van der Waals surface area contributed by atoms with Crippen molar-refractivity contribution in [1.82, 2.24) is 89.4 Å². The molecule has 2 unspecified atom stereocenters. The van der Waals surface area contributed by atoms with E-state index in [1.54, 1.807) is 85.5 Å². The number of piperidine rings is 2. The lowest BCUT2D eigenvalue weighted by Crippen LogP contribution is -2.43. The summed E-state index contributed by atoms with van der Waals surface area (Å²) in [6, 6.07) is 52.2. The van der Waals surface area contributed by atoms with Gasteiger partial charge in [0.25, 0.3) is 22.2 Å². The van der Waals surface area contributed by atoms with Crippen LogP contribution in [0.3, 0.4) is 0 Å². The Labute approximate surface area is 852 Å². The Kier molecular flexibility index (Phi) is 29.1. The van der Waals surface area contributed by atoms with Crippen molar-refractivity contribution in [1.29, 1.82) is 0 Å². The molecular formula is C112H114Cl3F2N23O5. The molecule has 28 nitrogen and oxygen atoms in total. The maximum atomic E-state index is 15.0. The summed E-state index contributed by atoms with van der Waals surface area (Å²) in [5, 5.41) is 30.9. The average molecular weight is 2010 g/mol. The molecule has 2 atom stereocenters. The lowest BCUT2D eigenvalue weighted by Gasteiger charge is -2.29. The van der Waals surface area contributed by atoms with Gasteiger partial charge >= 0.3 is 0 Å². The molecular weight excluding hydrogens is 1890 g/mol. The van der Waals surface area contributed by atoms with E-state index in [0.29, 0.717) is 191 Å². The van der Waals surface area contributed by atoms with Crippen molar-refractivity contribution < 1.29 is 13.5 Å². The van der Waals surface area contributed by atoms with E-state index < -0.39 is 0 Å². The van der Waals surface area contributed by atoms with Crippen molar-refractivity contribution in [2.24, 2.45) is 0 Å². The van der Waals surface area contributed by atoms with Crippen LogP contribution in [0.25, 0.3) is 88.9 Å². The minimum Gasteiger partial charge on any atom is -0.371 e. The number of nitrogens with one attached hydrogen (secondary N) is 8. The fraction of sp³-hybridized carbons (Fsp3) is 0.339. The molecule has 4 saturated heterocycles. The van der Waals surface area contributed by atoms with Crippen LogP contribution in [0.2, 0.25) is 15.1 Å². The van der Waals surface area contributed by atoms with Gasteiger partial charge in [0, 0.05) is 175 Å². The number of piperazine rings is 1. The number of ether oxygens (including phenoxy) is 1. The summed E-state index contributed by atoms with van der Waals surface area (Å²) < 4.78 is 42.2. The molecule has 4 aliphatic heterocycles. The van der Waals surface area contributed by atoms with Gasteiger partial charge in [0.05, 0.1) is 56.5 Å². The highest BCUT2D eigenvalue weighted by Gasteiger charge is 2.32. The fourth-order valence-electron chi connectivity index (χ4n) is 20.0. The van der Waals surface area contributed by atoms with Gasteiger partial charge in [-0.1, -0.05) is 95.5 Å². The molecule has 0 bridgehead atoms. The van der Waals surface area contributed by atoms with E-state index in [1.165, 1.54) is 87.0 Å². The predicted octanol–water partition coefficient (Wildman–Crippen LogP) is 21.4. The number of halogens is 5. The monoisotopic (exact) mass is 2000 g/mol. The predicted molar refractivity (Wildman–Crippen MR) is 573 cm³/mol. The van der Waals surface area contributed by atoms with Crippen molar-refractivity contribution in [2.75, 3.05) is 98.2 Å². The van der Waals surface area contributed by atoms with Gasteiger partial charge < -0.3 is 52.2 Å². The van der Waals surface area contributed by atoms with Gasteiger partial charge in [-0.15, -0.1) is 0 Å². The Bertz CT molecular complexity index is 7250. The first-order chi connectivity index (χ1) is 70.8. The zero-order valence-electron chi connectivity index (χ0n) is 81.3. The zero-order chi connectivity index (χ0) is 99.5. The van der Waals surface area contributed by atoms with Crippen LogP contribution in [0.1, 0.15) is 185 Å². The Balaban J connectivity index is 0.000000114. The van der Waals surface area contributed by atoms with Gasteiger partial charge in [0.15, 0.2) is 0 Å². The average Bonchev–Trinajstić information content (AvgIpc) is 0.881. The Morgan fingerprint density at radius 3 is 1.12 bits per heavy atom. The first-order valence-corrected chi connectivity index (χ1v) is 51.9. The van der Waals surface area contributed by atoms with E-state index in [9.17, 15) is 23.6 Å². The van der Waals surface area contributed by atoms with Gasteiger partial charge in [0.1, 0.15) is 34.2 Å². The summed E-state index contributed by atoms with van der Waals surface area (Å²) in [5.41, 5.74) is 17.4. The number of hydrogen-bond donors (Lipinski definition) is 8. The lowest BCUT2D eigenvalue weighted by molar-refractivity contribution is 0.0277. The van der Waals surface area contributed by atoms with Gasteiger partial charge in [-0.3, -0.25) is 47.4 Å². The highest BCUT2D eigenvalue weighted by molar-refractivity contribution is 6.34. The van der Waals surface area contributed by atoms with Crippen LogP contribution in [0.4, 0.5) is 61.0 Å². The first-order valence-electron chi connectivity index (χ1n) is 50.7. The topological polar surface area (TPSA) is 326 Å². The third-order valence-corrected chi connectivity index (χ3v) is 29.5. The number of benzene rings is 6. The van der Waals surface area contributed by atoms with E-state index in [1.807, 2.05) is 118 Å². The Morgan fingerprint density at radius 1 is 0.331 bits per heavy atom. The Hall–Kier alpha value is -13.7. The molecule has 0 spiro atoms. The number of morpholine rings is 1. The smallest absolute Gasteiger partial charge is 0.261 e. The zero-order valence-corrected chi connectivity index (χ0v) is 83.6. The van der Waals surface area contributed by atoms with Crippen molar-refractivity contribution in [3.8, 4) is 44.8 Å². The largest absolute Gasteiger partial charge is 0.371 e. The number of aromatic nitrogens is 14. The van der Waals surface area contributed by atoms with E-state index in [2.05, 4.69) is 130 Å². The molecule has 0 radical (unpaired) electrons. The molecule has 8 aliphatic rings. The quantitative estimate of drug-likeness (QED) is 0.0279. The number of rotatable bonds is 24. The van der Waals surface area contributed by atoms with E-state index in [4.69, 9.17) is 44.5 Å². The van der Waals surface area contributed by atoms with Crippen LogP contribution < -0.4 is 69.7 Å². The molecule has 742 valence electrons. The minimum atomic E-state index is -0.356. The molecule has 14 heterocycles. The molecule has 8 N–H and O–H groups in total. The molecule has 33 heteroatoms. The summed E-state index contributed by atoms with van der Waals surface area (Å²) in [7, 11) is 0.